The SMILES string of the molecule is COc1cccc(C(=O)N2CCc3c(C(=O)O)n[nH]c3C2)c1. The summed E-state index contributed by atoms with van der Waals surface area (Å²) in [6.45, 7) is 0.786. The first kappa shape index (κ1) is 14.1. The number of fused-ring (bicyclic) bond motifs is 1. The Morgan fingerprint density at radius 3 is 2.95 bits per heavy atom. The van der Waals surface area contributed by atoms with Crippen molar-refractivity contribution in [2.24, 2.45) is 0 Å². The fourth-order valence-corrected chi connectivity index (χ4v) is 2.61. The summed E-state index contributed by atoms with van der Waals surface area (Å²) in [5.41, 5.74) is 1.95. The molecule has 3 rings (SSSR count). The second kappa shape index (κ2) is 5.51. The minimum absolute atomic E-state index is 0.0449. The first-order valence-corrected chi connectivity index (χ1v) is 6.83. The fraction of sp³-hybridized carbons (Fsp3) is 0.267. The molecule has 2 N–H and O–H groups in total. The maximum Gasteiger partial charge on any atom is 0.356 e. The number of aromatic amines is 1. The molecule has 1 aromatic heterocycles. The van der Waals surface area contributed by atoms with E-state index in [1.165, 1.54) is 0 Å². The van der Waals surface area contributed by atoms with Gasteiger partial charge >= 0.3 is 5.97 Å². The topological polar surface area (TPSA) is 95.5 Å². The Labute approximate surface area is 126 Å². The Hall–Kier alpha value is -2.83. The van der Waals surface area contributed by atoms with Gasteiger partial charge in [0.1, 0.15) is 5.75 Å². The van der Waals surface area contributed by atoms with Gasteiger partial charge in [0.05, 0.1) is 19.3 Å². The number of carboxylic acids is 1. The van der Waals surface area contributed by atoms with Crippen LogP contribution in [-0.2, 0) is 13.0 Å². The molecule has 114 valence electrons. The lowest BCUT2D eigenvalue weighted by atomic mass is 10.0. The Morgan fingerprint density at radius 2 is 2.23 bits per heavy atom. The second-order valence-electron chi connectivity index (χ2n) is 5.04. The van der Waals surface area contributed by atoms with Crippen molar-refractivity contribution in [1.82, 2.24) is 15.1 Å². The molecule has 0 radical (unpaired) electrons. The van der Waals surface area contributed by atoms with Gasteiger partial charge in [-0.15, -0.1) is 0 Å². The smallest absolute Gasteiger partial charge is 0.356 e. The summed E-state index contributed by atoms with van der Waals surface area (Å²) in [4.78, 5) is 25.3. The molecule has 1 aromatic carbocycles. The van der Waals surface area contributed by atoms with Crippen LogP contribution < -0.4 is 4.74 Å². The van der Waals surface area contributed by atoms with Gasteiger partial charge in [-0.3, -0.25) is 9.89 Å². The Bertz CT molecular complexity index is 738. The van der Waals surface area contributed by atoms with Crippen LogP contribution in [0.1, 0.15) is 32.1 Å². The van der Waals surface area contributed by atoms with Crippen LogP contribution in [-0.4, -0.2) is 45.7 Å². The molecule has 0 spiro atoms. The molecule has 0 saturated heterocycles. The second-order valence-corrected chi connectivity index (χ2v) is 5.04. The summed E-state index contributed by atoms with van der Waals surface area (Å²) >= 11 is 0. The minimum atomic E-state index is -1.05. The number of rotatable bonds is 3. The maximum absolute atomic E-state index is 12.5. The van der Waals surface area contributed by atoms with E-state index in [2.05, 4.69) is 10.2 Å². The minimum Gasteiger partial charge on any atom is -0.497 e. The summed E-state index contributed by atoms with van der Waals surface area (Å²) in [7, 11) is 1.55. The lowest BCUT2D eigenvalue weighted by molar-refractivity contribution is 0.0689. The van der Waals surface area contributed by atoms with Gasteiger partial charge < -0.3 is 14.7 Å². The third-order valence-corrected chi connectivity index (χ3v) is 3.74. The first-order valence-electron chi connectivity index (χ1n) is 6.83. The highest BCUT2D eigenvalue weighted by Gasteiger charge is 2.27. The van der Waals surface area contributed by atoms with Crippen molar-refractivity contribution in [3.8, 4) is 5.75 Å². The van der Waals surface area contributed by atoms with Crippen molar-refractivity contribution in [2.75, 3.05) is 13.7 Å². The monoisotopic (exact) mass is 301 g/mol. The van der Waals surface area contributed by atoms with E-state index in [0.29, 0.717) is 42.1 Å². The van der Waals surface area contributed by atoms with Crippen molar-refractivity contribution >= 4 is 11.9 Å². The summed E-state index contributed by atoms with van der Waals surface area (Å²) < 4.78 is 5.13. The third-order valence-electron chi connectivity index (χ3n) is 3.74. The van der Waals surface area contributed by atoms with Gasteiger partial charge in [-0.1, -0.05) is 6.07 Å². The number of nitrogens with zero attached hydrogens (tertiary/aromatic N) is 2. The number of ether oxygens (including phenoxy) is 1. The fourth-order valence-electron chi connectivity index (χ4n) is 2.61. The molecule has 2 aromatic rings. The normalized spacial score (nSPS) is 13.6. The van der Waals surface area contributed by atoms with E-state index in [1.54, 1.807) is 36.3 Å². The van der Waals surface area contributed by atoms with Crippen LogP contribution in [0.5, 0.6) is 5.75 Å². The Morgan fingerprint density at radius 1 is 1.41 bits per heavy atom. The molecule has 7 nitrogen and oxygen atoms in total. The number of nitrogens with one attached hydrogen (secondary N) is 1. The van der Waals surface area contributed by atoms with E-state index in [9.17, 15) is 9.59 Å². The standard InChI is InChI=1S/C15H15N3O4/c1-22-10-4-2-3-9(7-10)14(19)18-6-5-11-12(8-18)16-17-13(11)15(20)21/h2-4,7H,5-6,8H2,1H3,(H,16,17)(H,20,21). The zero-order valence-corrected chi connectivity index (χ0v) is 12.0. The molecular formula is C15H15N3O4. The van der Waals surface area contributed by atoms with Crippen LogP contribution in [0.25, 0.3) is 0 Å². The van der Waals surface area contributed by atoms with Gasteiger partial charge in [0.25, 0.3) is 5.91 Å². The number of benzene rings is 1. The van der Waals surface area contributed by atoms with E-state index >= 15 is 0 Å². The Kier molecular flexibility index (Phi) is 3.54. The highest BCUT2D eigenvalue weighted by atomic mass is 16.5. The number of aromatic nitrogens is 2. The maximum atomic E-state index is 12.5. The van der Waals surface area contributed by atoms with Crippen LogP contribution in [0.3, 0.4) is 0 Å². The lowest BCUT2D eigenvalue weighted by Crippen LogP contribution is -2.36. The number of carboxylic acid groups (broad SMARTS) is 1. The molecule has 0 unspecified atom stereocenters. The number of amides is 1. The molecular weight excluding hydrogens is 286 g/mol. The number of methoxy groups -OCH3 is 1. The number of hydrogen-bond acceptors (Lipinski definition) is 4. The van der Waals surface area contributed by atoms with Crippen molar-refractivity contribution < 1.29 is 19.4 Å². The highest BCUT2D eigenvalue weighted by Crippen LogP contribution is 2.22. The van der Waals surface area contributed by atoms with Crippen molar-refractivity contribution in [1.29, 1.82) is 0 Å². The number of H-pyrrole nitrogens is 1. The quantitative estimate of drug-likeness (QED) is 0.891. The van der Waals surface area contributed by atoms with Gasteiger partial charge in [-0.25, -0.2) is 4.79 Å². The van der Waals surface area contributed by atoms with Crippen molar-refractivity contribution in [3.63, 3.8) is 0 Å². The molecule has 22 heavy (non-hydrogen) atoms. The molecule has 1 amide bonds. The van der Waals surface area contributed by atoms with Gasteiger partial charge in [0, 0.05) is 17.7 Å². The molecule has 0 saturated carbocycles. The number of aromatic carboxylic acids is 1. The van der Waals surface area contributed by atoms with Crippen LogP contribution in [0.15, 0.2) is 24.3 Å². The molecule has 0 bridgehead atoms. The molecule has 0 aliphatic carbocycles. The third kappa shape index (κ3) is 2.41. The lowest BCUT2D eigenvalue weighted by Gasteiger charge is -2.26. The van der Waals surface area contributed by atoms with Crippen LogP contribution >= 0.6 is 0 Å². The molecule has 7 heteroatoms. The van der Waals surface area contributed by atoms with Crippen LogP contribution in [0.4, 0.5) is 0 Å². The zero-order valence-electron chi connectivity index (χ0n) is 12.0. The van der Waals surface area contributed by atoms with Crippen molar-refractivity contribution in [3.05, 3.63) is 46.8 Å². The average molecular weight is 301 g/mol. The largest absolute Gasteiger partial charge is 0.497 e. The first-order chi connectivity index (χ1) is 10.6. The molecule has 1 aliphatic heterocycles. The van der Waals surface area contributed by atoms with Crippen molar-refractivity contribution in [2.45, 2.75) is 13.0 Å². The zero-order chi connectivity index (χ0) is 15.7. The van der Waals surface area contributed by atoms with Gasteiger partial charge in [-0.05, 0) is 24.6 Å². The molecule has 0 atom stereocenters. The van der Waals surface area contributed by atoms with E-state index in [-0.39, 0.29) is 11.6 Å². The van der Waals surface area contributed by atoms with E-state index < -0.39 is 5.97 Å². The number of hydrogen-bond donors (Lipinski definition) is 2. The van der Waals surface area contributed by atoms with E-state index in [4.69, 9.17) is 9.84 Å². The Balaban J connectivity index is 1.82. The average Bonchev–Trinajstić information content (AvgIpc) is 2.97. The molecule has 0 fully saturated rings. The summed E-state index contributed by atoms with van der Waals surface area (Å²) in [6.07, 6.45) is 0.475. The number of carbonyl (C=O) groups is 2. The van der Waals surface area contributed by atoms with Gasteiger partial charge in [0.2, 0.25) is 0 Å². The van der Waals surface area contributed by atoms with E-state index in [1.807, 2.05) is 0 Å². The van der Waals surface area contributed by atoms with E-state index in [0.717, 1.165) is 0 Å². The molecule has 2 heterocycles. The van der Waals surface area contributed by atoms with Gasteiger partial charge in [-0.2, -0.15) is 5.10 Å². The van der Waals surface area contributed by atoms with Crippen LogP contribution in [0.2, 0.25) is 0 Å². The summed E-state index contributed by atoms with van der Waals surface area (Å²) in [5, 5.41) is 15.6. The van der Waals surface area contributed by atoms with Crippen LogP contribution in [0, 0.1) is 0 Å². The highest BCUT2D eigenvalue weighted by molar-refractivity contribution is 5.95. The summed E-state index contributed by atoms with van der Waals surface area (Å²) in [5.74, 6) is -0.542. The molecule has 1 aliphatic rings. The predicted octanol–water partition coefficient (Wildman–Crippen LogP) is 1.31. The van der Waals surface area contributed by atoms with Gasteiger partial charge in [0.15, 0.2) is 5.69 Å². The predicted molar refractivity (Wildman–Crippen MR) is 77.0 cm³/mol. The summed E-state index contributed by atoms with van der Waals surface area (Å²) in [6, 6.07) is 6.96. The number of carbonyl (C=O) groups excluding carboxylic acids is 1.